The molecule has 0 bridgehead atoms. The van der Waals surface area contributed by atoms with Gasteiger partial charge in [0, 0.05) is 12.0 Å². The Morgan fingerprint density at radius 3 is 2.60 bits per heavy atom. The van der Waals surface area contributed by atoms with Crippen molar-refractivity contribution in [1.29, 1.82) is 0 Å². The Morgan fingerprint density at radius 1 is 1.15 bits per heavy atom. The maximum absolute atomic E-state index is 12.0. The molecule has 0 amide bonds. The van der Waals surface area contributed by atoms with Crippen molar-refractivity contribution in [3.05, 3.63) is 65.2 Å². The van der Waals surface area contributed by atoms with Crippen LogP contribution in [0.4, 0.5) is 0 Å². The molecule has 0 aliphatic carbocycles. The zero-order valence-electron chi connectivity index (χ0n) is 10.5. The van der Waals surface area contributed by atoms with E-state index in [2.05, 4.69) is 0 Å². The molecule has 1 aliphatic heterocycles. The number of halogens is 1. The molecule has 0 fully saturated rings. The third-order valence-electron chi connectivity index (χ3n) is 3.31. The molecule has 1 unspecified atom stereocenters. The van der Waals surface area contributed by atoms with E-state index in [-0.39, 0.29) is 12.4 Å². The van der Waals surface area contributed by atoms with Crippen molar-refractivity contribution in [3.8, 4) is 5.75 Å². The van der Waals surface area contributed by atoms with Crippen LogP contribution in [-0.4, -0.2) is 11.2 Å². The molecule has 0 saturated carbocycles. The molecule has 100 valence electrons. The fourth-order valence-corrected chi connectivity index (χ4v) is 2.60. The van der Waals surface area contributed by atoms with E-state index in [1.54, 1.807) is 12.1 Å². The van der Waals surface area contributed by atoms with Gasteiger partial charge in [0.25, 0.3) is 0 Å². The van der Waals surface area contributed by atoms with E-state index in [4.69, 9.17) is 16.3 Å². The number of rotatable bonds is 3. The molecular weight excluding hydrogens is 276 g/mol. The number of ether oxygens (including phenoxy) is 1. The highest BCUT2D eigenvalue weighted by molar-refractivity contribution is 6.63. The van der Waals surface area contributed by atoms with Gasteiger partial charge in [0.1, 0.15) is 11.7 Å². The predicted molar refractivity (Wildman–Crippen MR) is 74.9 cm³/mol. The van der Waals surface area contributed by atoms with Crippen molar-refractivity contribution in [1.82, 2.24) is 0 Å². The lowest BCUT2D eigenvalue weighted by molar-refractivity contribution is -0.133. The van der Waals surface area contributed by atoms with E-state index in [1.165, 1.54) is 0 Å². The Hall–Kier alpha value is -2.13. The second-order valence-corrected chi connectivity index (χ2v) is 5.09. The minimum atomic E-state index is -0.434. The number of fused-ring (bicyclic) bond motifs is 1. The van der Waals surface area contributed by atoms with Gasteiger partial charge in [0.05, 0.1) is 0 Å². The molecule has 3 rings (SSSR count). The fraction of sp³-hybridized carbons (Fsp3) is 0.125. The summed E-state index contributed by atoms with van der Waals surface area (Å²) >= 11 is 5.41. The van der Waals surface area contributed by atoms with Crippen LogP contribution in [0.25, 0.3) is 0 Å². The topological polar surface area (TPSA) is 43.4 Å². The molecule has 20 heavy (non-hydrogen) atoms. The van der Waals surface area contributed by atoms with E-state index in [9.17, 15) is 9.59 Å². The summed E-state index contributed by atoms with van der Waals surface area (Å²) in [6.45, 7) is 0. The molecule has 0 N–H and O–H groups in total. The highest BCUT2D eigenvalue weighted by atomic mass is 35.5. The van der Waals surface area contributed by atoms with Crippen molar-refractivity contribution < 1.29 is 14.3 Å². The number of benzene rings is 2. The number of carbonyl (C=O) groups is 2. The first-order valence-electron chi connectivity index (χ1n) is 6.23. The molecule has 1 aliphatic rings. The van der Waals surface area contributed by atoms with Gasteiger partial charge in [-0.25, -0.2) is 0 Å². The smallest absolute Gasteiger partial charge is 0.323 e. The van der Waals surface area contributed by atoms with Gasteiger partial charge in [-0.15, -0.1) is 0 Å². The Balaban J connectivity index is 2.04. The minimum absolute atomic E-state index is 0.143. The van der Waals surface area contributed by atoms with Gasteiger partial charge in [0.15, 0.2) is 0 Å². The summed E-state index contributed by atoms with van der Waals surface area (Å²) < 4.78 is 5.28. The second kappa shape index (κ2) is 5.10. The molecule has 2 aromatic carbocycles. The summed E-state index contributed by atoms with van der Waals surface area (Å²) in [7, 11) is 0. The second-order valence-electron chi connectivity index (χ2n) is 4.67. The number of esters is 1. The number of hydrogen-bond donors (Lipinski definition) is 0. The number of carbonyl (C=O) groups excluding carboxylic acids is 2. The van der Waals surface area contributed by atoms with Gasteiger partial charge in [0.2, 0.25) is 5.24 Å². The highest BCUT2D eigenvalue weighted by Gasteiger charge is 2.34. The Labute approximate surface area is 121 Å². The molecule has 3 nitrogen and oxygen atoms in total. The molecule has 1 heterocycles. The first kappa shape index (κ1) is 12.9. The van der Waals surface area contributed by atoms with Crippen LogP contribution < -0.4 is 4.74 Å². The monoisotopic (exact) mass is 286 g/mol. The van der Waals surface area contributed by atoms with Crippen LogP contribution >= 0.6 is 11.6 Å². The SMILES string of the molecule is O=C(Cl)Cc1ccc2c(c1)C(c1ccccc1)C(=O)O2. The van der Waals surface area contributed by atoms with Crippen LogP contribution in [0.3, 0.4) is 0 Å². The van der Waals surface area contributed by atoms with E-state index in [1.807, 2.05) is 36.4 Å². The summed E-state index contributed by atoms with van der Waals surface area (Å²) in [5.74, 6) is -0.174. The van der Waals surface area contributed by atoms with Crippen LogP contribution in [-0.2, 0) is 16.0 Å². The lowest BCUT2D eigenvalue weighted by atomic mass is 9.91. The Bertz CT molecular complexity index is 679. The predicted octanol–water partition coefficient (Wildman–Crippen LogP) is 3.05. The minimum Gasteiger partial charge on any atom is -0.425 e. The van der Waals surface area contributed by atoms with Gasteiger partial charge < -0.3 is 4.74 Å². The maximum atomic E-state index is 12.0. The molecule has 4 heteroatoms. The van der Waals surface area contributed by atoms with Gasteiger partial charge in [-0.05, 0) is 28.8 Å². The Morgan fingerprint density at radius 2 is 1.90 bits per heavy atom. The summed E-state index contributed by atoms with van der Waals surface area (Å²) in [6.07, 6.45) is 0.143. The molecule has 0 saturated heterocycles. The van der Waals surface area contributed by atoms with Gasteiger partial charge >= 0.3 is 5.97 Å². The molecular formula is C16H11ClO3. The zero-order chi connectivity index (χ0) is 14.1. The average molecular weight is 287 g/mol. The van der Waals surface area contributed by atoms with Crippen molar-refractivity contribution in [2.45, 2.75) is 12.3 Å². The number of hydrogen-bond acceptors (Lipinski definition) is 3. The zero-order valence-corrected chi connectivity index (χ0v) is 11.3. The van der Waals surface area contributed by atoms with E-state index < -0.39 is 11.2 Å². The normalized spacial score (nSPS) is 16.6. The summed E-state index contributed by atoms with van der Waals surface area (Å²) in [6, 6.07) is 14.7. The molecule has 0 spiro atoms. The van der Waals surface area contributed by atoms with Crippen molar-refractivity contribution in [3.63, 3.8) is 0 Å². The summed E-state index contributed by atoms with van der Waals surface area (Å²) in [5, 5.41) is -0.425. The lowest BCUT2D eigenvalue weighted by Crippen LogP contribution is -2.11. The molecule has 1 atom stereocenters. The largest absolute Gasteiger partial charge is 0.425 e. The van der Waals surface area contributed by atoms with Crippen molar-refractivity contribution in [2.24, 2.45) is 0 Å². The fourth-order valence-electron chi connectivity index (χ4n) is 2.44. The van der Waals surface area contributed by atoms with Crippen molar-refractivity contribution in [2.75, 3.05) is 0 Å². The van der Waals surface area contributed by atoms with Gasteiger partial charge in [-0.1, -0.05) is 42.5 Å². The van der Waals surface area contributed by atoms with Gasteiger partial charge in [-0.2, -0.15) is 0 Å². The van der Waals surface area contributed by atoms with Crippen LogP contribution in [0.2, 0.25) is 0 Å². The summed E-state index contributed by atoms with van der Waals surface area (Å²) in [5.41, 5.74) is 2.45. The van der Waals surface area contributed by atoms with E-state index in [0.717, 1.165) is 16.7 Å². The first-order valence-corrected chi connectivity index (χ1v) is 6.61. The van der Waals surface area contributed by atoms with Crippen LogP contribution in [0, 0.1) is 0 Å². The average Bonchev–Trinajstić information content (AvgIpc) is 2.74. The van der Waals surface area contributed by atoms with Crippen molar-refractivity contribution >= 4 is 22.8 Å². The quantitative estimate of drug-likeness (QED) is 0.495. The van der Waals surface area contributed by atoms with Gasteiger partial charge in [-0.3, -0.25) is 9.59 Å². The van der Waals surface area contributed by atoms with Crippen LogP contribution in [0.1, 0.15) is 22.6 Å². The first-order chi connectivity index (χ1) is 9.65. The third-order valence-corrected chi connectivity index (χ3v) is 3.44. The third kappa shape index (κ3) is 2.32. The standard InChI is InChI=1S/C16H11ClO3/c17-14(18)9-10-6-7-13-12(8-10)15(16(19)20-13)11-4-2-1-3-5-11/h1-8,15H,9H2. The van der Waals surface area contributed by atoms with Crippen LogP contribution in [0.15, 0.2) is 48.5 Å². The molecule has 0 aromatic heterocycles. The maximum Gasteiger partial charge on any atom is 0.323 e. The summed E-state index contributed by atoms with van der Waals surface area (Å²) in [4.78, 5) is 23.0. The Kier molecular flexibility index (Phi) is 3.28. The van der Waals surface area contributed by atoms with E-state index >= 15 is 0 Å². The molecule has 0 radical (unpaired) electrons. The highest BCUT2D eigenvalue weighted by Crippen LogP contribution is 2.39. The molecule has 2 aromatic rings. The van der Waals surface area contributed by atoms with E-state index in [0.29, 0.717) is 5.75 Å². The lowest BCUT2D eigenvalue weighted by Gasteiger charge is -2.08. The van der Waals surface area contributed by atoms with Crippen LogP contribution in [0.5, 0.6) is 5.75 Å².